The molecule has 0 heterocycles. The minimum absolute atomic E-state index is 0.0505. The molecule has 0 saturated heterocycles. The molecule has 112 valence electrons. The van der Waals surface area contributed by atoms with Crippen molar-refractivity contribution in [2.75, 3.05) is 13.7 Å². The number of ether oxygens (including phenoxy) is 1. The summed E-state index contributed by atoms with van der Waals surface area (Å²) < 4.78 is 5.19. The van der Waals surface area contributed by atoms with Gasteiger partial charge in [0.2, 0.25) is 0 Å². The van der Waals surface area contributed by atoms with Crippen molar-refractivity contribution in [2.24, 2.45) is 5.73 Å². The van der Waals surface area contributed by atoms with Gasteiger partial charge in [0.05, 0.1) is 7.11 Å². The molecule has 3 heteroatoms. The summed E-state index contributed by atoms with van der Waals surface area (Å²) in [5.41, 5.74) is 7.41. The quantitative estimate of drug-likeness (QED) is 0.805. The third-order valence-electron chi connectivity index (χ3n) is 4.48. The molecule has 1 atom stereocenters. The Morgan fingerprint density at radius 2 is 1.90 bits per heavy atom. The van der Waals surface area contributed by atoms with Gasteiger partial charge in [0, 0.05) is 18.1 Å². The van der Waals surface area contributed by atoms with Crippen molar-refractivity contribution in [1.82, 2.24) is 5.32 Å². The molecule has 1 aliphatic rings. The highest BCUT2D eigenvalue weighted by Gasteiger charge is 2.27. The number of aryl methyl sites for hydroxylation is 1. The lowest BCUT2D eigenvalue weighted by Gasteiger charge is -2.33. The normalized spacial score (nSPS) is 18.9. The van der Waals surface area contributed by atoms with Crippen LogP contribution in [0, 0.1) is 0 Å². The number of nitrogens with two attached hydrogens (primary N) is 1. The summed E-state index contributed by atoms with van der Waals surface area (Å²) in [6, 6.07) is 9.01. The van der Waals surface area contributed by atoms with Crippen LogP contribution in [0.3, 0.4) is 0 Å². The van der Waals surface area contributed by atoms with Crippen molar-refractivity contribution in [1.29, 1.82) is 0 Å². The largest absolute Gasteiger partial charge is 0.497 e. The van der Waals surface area contributed by atoms with Crippen molar-refractivity contribution in [2.45, 2.75) is 57.0 Å². The average molecular weight is 276 g/mol. The van der Waals surface area contributed by atoms with Gasteiger partial charge in [-0.05, 0) is 50.3 Å². The second-order valence-corrected chi connectivity index (χ2v) is 6.24. The van der Waals surface area contributed by atoms with E-state index in [2.05, 4.69) is 24.4 Å². The first kappa shape index (κ1) is 15.3. The van der Waals surface area contributed by atoms with Gasteiger partial charge in [-0.2, -0.15) is 0 Å². The lowest BCUT2D eigenvalue weighted by Crippen LogP contribution is -2.52. The Morgan fingerprint density at radius 3 is 2.45 bits per heavy atom. The van der Waals surface area contributed by atoms with E-state index in [9.17, 15) is 0 Å². The molecule has 3 nitrogen and oxygen atoms in total. The van der Waals surface area contributed by atoms with Crippen LogP contribution in [0.15, 0.2) is 24.3 Å². The van der Waals surface area contributed by atoms with Crippen LogP contribution in [0.1, 0.15) is 44.6 Å². The fourth-order valence-corrected chi connectivity index (χ4v) is 3.01. The first-order chi connectivity index (χ1) is 9.65. The maximum atomic E-state index is 6.01. The molecule has 0 aromatic heterocycles. The molecule has 1 aromatic rings. The van der Waals surface area contributed by atoms with E-state index >= 15 is 0 Å². The van der Waals surface area contributed by atoms with Crippen LogP contribution in [0.25, 0.3) is 0 Å². The summed E-state index contributed by atoms with van der Waals surface area (Å²) in [6.07, 6.45) is 7.45. The Morgan fingerprint density at radius 1 is 1.25 bits per heavy atom. The molecule has 1 fully saturated rings. The van der Waals surface area contributed by atoms with Gasteiger partial charge in [-0.15, -0.1) is 0 Å². The molecule has 2 rings (SSSR count). The Balaban J connectivity index is 1.87. The van der Waals surface area contributed by atoms with E-state index in [-0.39, 0.29) is 5.54 Å². The second kappa shape index (κ2) is 7.09. The van der Waals surface area contributed by atoms with E-state index < -0.39 is 0 Å². The van der Waals surface area contributed by atoms with E-state index in [1.54, 1.807) is 7.11 Å². The van der Waals surface area contributed by atoms with E-state index in [1.807, 2.05) is 12.1 Å². The zero-order valence-corrected chi connectivity index (χ0v) is 12.8. The summed E-state index contributed by atoms with van der Waals surface area (Å²) in [7, 11) is 1.70. The first-order valence-corrected chi connectivity index (χ1v) is 7.76. The molecule has 3 N–H and O–H groups in total. The number of methoxy groups -OCH3 is 1. The number of rotatable bonds is 7. The second-order valence-electron chi connectivity index (χ2n) is 6.24. The molecule has 20 heavy (non-hydrogen) atoms. The highest BCUT2D eigenvalue weighted by molar-refractivity contribution is 5.27. The molecule has 0 aliphatic heterocycles. The Labute approximate surface area is 122 Å². The molecule has 1 unspecified atom stereocenters. The summed E-state index contributed by atoms with van der Waals surface area (Å²) >= 11 is 0. The summed E-state index contributed by atoms with van der Waals surface area (Å²) in [6.45, 7) is 2.95. The van der Waals surface area contributed by atoms with Crippen LogP contribution in [-0.2, 0) is 6.42 Å². The summed E-state index contributed by atoms with van der Waals surface area (Å²) in [4.78, 5) is 0. The molecule has 0 bridgehead atoms. The van der Waals surface area contributed by atoms with Gasteiger partial charge in [0.25, 0.3) is 0 Å². The van der Waals surface area contributed by atoms with Gasteiger partial charge >= 0.3 is 0 Å². The van der Waals surface area contributed by atoms with Crippen LogP contribution in [0.5, 0.6) is 5.75 Å². The minimum Gasteiger partial charge on any atom is -0.497 e. The molecule has 1 saturated carbocycles. The van der Waals surface area contributed by atoms with Crippen LogP contribution in [-0.4, -0.2) is 25.2 Å². The molecular formula is C17H28N2O. The average Bonchev–Trinajstić information content (AvgIpc) is 2.98. The van der Waals surface area contributed by atoms with Crippen molar-refractivity contribution >= 4 is 0 Å². The molecular weight excluding hydrogens is 248 g/mol. The third-order valence-corrected chi connectivity index (χ3v) is 4.48. The first-order valence-electron chi connectivity index (χ1n) is 7.76. The lowest BCUT2D eigenvalue weighted by atomic mass is 9.92. The van der Waals surface area contributed by atoms with E-state index in [0.29, 0.717) is 12.6 Å². The zero-order chi connectivity index (χ0) is 14.4. The standard InChI is InChI=1S/C17H28N2O/c1-17(13-18,19-15-5-3-4-6-15)12-11-14-7-9-16(20-2)10-8-14/h7-10,15,19H,3-6,11-13,18H2,1-2H3. The molecule has 1 aromatic carbocycles. The van der Waals surface area contributed by atoms with Crippen molar-refractivity contribution in [3.05, 3.63) is 29.8 Å². The number of nitrogens with one attached hydrogen (secondary N) is 1. The van der Waals surface area contributed by atoms with Crippen molar-refractivity contribution in [3.63, 3.8) is 0 Å². The maximum Gasteiger partial charge on any atom is 0.118 e. The SMILES string of the molecule is COc1ccc(CCC(C)(CN)NC2CCCC2)cc1. The van der Waals surface area contributed by atoms with Crippen molar-refractivity contribution < 1.29 is 4.74 Å². The van der Waals surface area contributed by atoms with Gasteiger partial charge in [0.15, 0.2) is 0 Å². The van der Waals surface area contributed by atoms with Crippen LogP contribution in [0.2, 0.25) is 0 Å². The Hall–Kier alpha value is -1.06. The number of hydrogen-bond donors (Lipinski definition) is 2. The monoisotopic (exact) mass is 276 g/mol. The van der Waals surface area contributed by atoms with Gasteiger partial charge in [0.1, 0.15) is 5.75 Å². The minimum atomic E-state index is 0.0505. The van der Waals surface area contributed by atoms with Crippen LogP contribution in [0.4, 0.5) is 0 Å². The van der Waals surface area contributed by atoms with E-state index in [0.717, 1.165) is 18.6 Å². The predicted octanol–water partition coefficient (Wildman–Crippen LogP) is 2.88. The number of benzene rings is 1. The van der Waals surface area contributed by atoms with Crippen LogP contribution < -0.4 is 15.8 Å². The molecule has 0 amide bonds. The summed E-state index contributed by atoms with van der Waals surface area (Å²) in [5, 5.41) is 3.79. The molecule has 1 aliphatic carbocycles. The zero-order valence-electron chi connectivity index (χ0n) is 12.8. The molecule has 0 spiro atoms. The smallest absolute Gasteiger partial charge is 0.118 e. The fraction of sp³-hybridized carbons (Fsp3) is 0.647. The van der Waals surface area contributed by atoms with Gasteiger partial charge in [-0.1, -0.05) is 25.0 Å². The number of hydrogen-bond acceptors (Lipinski definition) is 3. The summed E-state index contributed by atoms with van der Waals surface area (Å²) in [5.74, 6) is 0.916. The van der Waals surface area contributed by atoms with Crippen LogP contribution >= 0.6 is 0 Å². The Kier molecular flexibility index (Phi) is 5.44. The Bertz CT molecular complexity index is 398. The fourth-order valence-electron chi connectivity index (χ4n) is 3.01. The lowest BCUT2D eigenvalue weighted by molar-refractivity contribution is 0.297. The maximum absolute atomic E-state index is 6.01. The van der Waals surface area contributed by atoms with Gasteiger partial charge in [-0.3, -0.25) is 0 Å². The third kappa shape index (κ3) is 4.22. The van der Waals surface area contributed by atoms with Gasteiger partial charge < -0.3 is 15.8 Å². The van der Waals surface area contributed by atoms with E-state index in [4.69, 9.17) is 10.5 Å². The predicted molar refractivity (Wildman–Crippen MR) is 84.2 cm³/mol. The topological polar surface area (TPSA) is 47.3 Å². The van der Waals surface area contributed by atoms with Crippen molar-refractivity contribution in [3.8, 4) is 5.75 Å². The molecule has 0 radical (unpaired) electrons. The highest BCUT2D eigenvalue weighted by Crippen LogP contribution is 2.23. The van der Waals surface area contributed by atoms with E-state index in [1.165, 1.54) is 31.2 Å². The van der Waals surface area contributed by atoms with Gasteiger partial charge in [-0.25, -0.2) is 0 Å². The highest BCUT2D eigenvalue weighted by atomic mass is 16.5.